The molecule has 0 saturated carbocycles. The average Bonchev–Trinajstić information content (AvgIpc) is 3.03. The van der Waals surface area contributed by atoms with Gasteiger partial charge in [-0.15, -0.1) is 0 Å². The van der Waals surface area contributed by atoms with E-state index in [1.165, 1.54) is 12.1 Å². The molecule has 0 radical (unpaired) electrons. The number of urea groups is 1. The van der Waals surface area contributed by atoms with Crippen LogP contribution in [0.25, 0.3) is 0 Å². The smallest absolute Gasteiger partial charge is 0.328 e. The van der Waals surface area contributed by atoms with E-state index in [1.807, 2.05) is 36.4 Å². The van der Waals surface area contributed by atoms with Crippen LogP contribution in [0, 0.1) is 0 Å². The summed E-state index contributed by atoms with van der Waals surface area (Å²) in [5.41, 5.74) is 2.21. The number of hydrogen-bond donors (Lipinski definition) is 5. The van der Waals surface area contributed by atoms with Crippen molar-refractivity contribution in [3.8, 4) is 5.75 Å². The fraction of sp³-hybridized carbons (Fsp3) is 0.152. The number of carbonyl (C=O) groups is 4. The minimum absolute atomic E-state index is 0.0117. The van der Waals surface area contributed by atoms with Crippen LogP contribution in [0.5, 0.6) is 5.75 Å². The molecule has 1 atom stereocenters. The number of halogens is 3. The quantitative estimate of drug-likeness (QED) is 0.115. The molecule has 0 spiro atoms. The number of carboxylic acids is 1. The standard InChI is InChI=1S/C33H29Cl3N4O6/c34-23-11-6-9-21(15-23)16-28(41)39-25-14-13-24(35)29(30(25)36)31(42)40-26(32(43)44)18-38-33(45)37-17-22-10-4-5-12-27(22)46-19-20-7-2-1-3-8-20/h1-15,26H,16-19H2,(H,39,41)(H,40,42)(H,43,44)(H2,37,38,45). The molecule has 4 amide bonds. The lowest BCUT2D eigenvalue weighted by molar-refractivity contribution is -0.139. The summed E-state index contributed by atoms with van der Waals surface area (Å²) >= 11 is 18.6. The third-order valence-electron chi connectivity index (χ3n) is 6.57. The number of anilines is 1. The number of aliphatic carboxylic acids is 1. The molecule has 10 nitrogen and oxygen atoms in total. The van der Waals surface area contributed by atoms with Crippen LogP contribution in [-0.4, -0.2) is 41.5 Å². The van der Waals surface area contributed by atoms with Gasteiger partial charge in [-0.2, -0.15) is 0 Å². The van der Waals surface area contributed by atoms with Crippen molar-refractivity contribution in [3.63, 3.8) is 0 Å². The summed E-state index contributed by atoms with van der Waals surface area (Å²) in [6.45, 7) is -0.0113. The molecule has 46 heavy (non-hydrogen) atoms. The lowest BCUT2D eigenvalue weighted by atomic mass is 10.1. The summed E-state index contributed by atoms with van der Waals surface area (Å²) < 4.78 is 5.90. The highest BCUT2D eigenvalue weighted by Crippen LogP contribution is 2.32. The van der Waals surface area contributed by atoms with Gasteiger partial charge in [0.2, 0.25) is 5.91 Å². The highest BCUT2D eigenvalue weighted by Gasteiger charge is 2.25. The first-order valence-electron chi connectivity index (χ1n) is 13.9. The Bertz CT molecular complexity index is 1720. The molecule has 0 aliphatic carbocycles. The van der Waals surface area contributed by atoms with Gasteiger partial charge >= 0.3 is 12.0 Å². The van der Waals surface area contributed by atoms with Gasteiger partial charge in [-0.05, 0) is 41.5 Å². The lowest BCUT2D eigenvalue weighted by Gasteiger charge is -2.18. The van der Waals surface area contributed by atoms with E-state index < -0.39 is 36.4 Å². The number of hydrogen-bond acceptors (Lipinski definition) is 5. The van der Waals surface area contributed by atoms with Gasteiger partial charge in [0, 0.05) is 17.1 Å². The number of carboxylic acid groups (broad SMARTS) is 1. The fourth-order valence-electron chi connectivity index (χ4n) is 4.27. The maximum atomic E-state index is 13.1. The fourth-order valence-corrected chi connectivity index (χ4v) is 5.08. The van der Waals surface area contributed by atoms with E-state index in [0.717, 1.165) is 5.56 Å². The van der Waals surface area contributed by atoms with Gasteiger partial charge in [0.1, 0.15) is 18.4 Å². The van der Waals surface area contributed by atoms with Crippen molar-refractivity contribution >= 4 is 64.3 Å². The third-order valence-corrected chi connectivity index (χ3v) is 7.51. The van der Waals surface area contributed by atoms with Gasteiger partial charge in [-0.1, -0.05) is 95.5 Å². The molecule has 0 aromatic heterocycles. The number of nitrogens with one attached hydrogen (secondary N) is 4. The van der Waals surface area contributed by atoms with E-state index in [9.17, 15) is 24.3 Å². The van der Waals surface area contributed by atoms with Crippen molar-refractivity contribution in [3.05, 3.63) is 128 Å². The molecule has 4 rings (SSSR count). The van der Waals surface area contributed by atoms with Gasteiger partial charge < -0.3 is 31.1 Å². The Hall–Kier alpha value is -4.77. The predicted octanol–water partition coefficient (Wildman–Crippen LogP) is 6.09. The molecule has 4 aromatic carbocycles. The molecular weight excluding hydrogens is 655 g/mol. The zero-order valence-electron chi connectivity index (χ0n) is 24.2. The lowest BCUT2D eigenvalue weighted by Crippen LogP contribution is -2.50. The van der Waals surface area contributed by atoms with Crippen molar-refractivity contribution in [2.75, 3.05) is 11.9 Å². The Kier molecular flexibility index (Phi) is 12.2. The van der Waals surface area contributed by atoms with E-state index in [2.05, 4.69) is 21.3 Å². The van der Waals surface area contributed by atoms with Crippen molar-refractivity contribution in [2.45, 2.75) is 25.6 Å². The van der Waals surface area contributed by atoms with Gasteiger partial charge in [-0.25, -0.2) is 9.59 Å². The first-order valence-corrected chi connectivity index (χ1v) is 15.1. The summed E-state index contributed by atoms with van der Waals surface area (Å²) in [7, 11) is 0. The van der Waals surface area contributed by atoms with Crippen LogP contribution in [-0.2, 0) is 29.2 Å². The van der Waals surface area contributed by atoms with Crippen LogP contribution in [0.3, 0.4) is 0 Å². The first-order chi connectivity index (χ1) is 22.1. The molecule has 1 unspecified atom stereocenters. The van der Waals surface area contributed by atoms with Crippen LogP contribution in [0.2, 0.25) is 15.1 Å². The highest BCUT2D eigenvalue weighted by molar-refractivity contribution is 6.41. The topological polar surface area (TPSA) is 146 Å². The molecule has 13 heteroatoms. The summed E-state index contributed by atoms with van der Waals surface area (Å²) in [6.07, 6.45) is -0.0117. The van der Waals surface area contributed by atoms with Crippen LogP contribution in [0.15, 0.2) is 91.0 Å². The number of carbonyl (C=O) groups excluding carboxylic acids is 3. The number of amides is 4. The maximum Gasteiger partial charge on any atom is 0.328 e. The zero-order chi connectivity index (χ0) is 33.1. The number of rotatable bonds is 13. The molecule has 0 bridgehead atoms. The maximum absolute atomic E-state index is 13.1. The third kappa shape index (κ3) is 9.87. The van der Waals surface area contributed by atoms with Crippen molar-refractivity contribution in [2.24, 2.45) is 0 Å². The summed E-state index contributed by atoms with van der Waals surface area (Å²) in [6, 6.07) is 24.1. The van der Waals surface area contributed by atoms with E-state index in [-0.39, 0.29) is 34.3 Å². The largest absolute Gasteiger partial charge is 0.489 e. The van der Waals surface area contributed by atoms with E-state index in [0.29, 0.717) is 28.5 Å². The second kappa shape index (κ2) is 16.5. The first kappa shape index (κ1) is 34.1. The van der Waals surface area contributed by atoms with Crippen LogP contribution < -0.4 is 26.0 Å². The van der Waals surface area contributed by atoms with Gasteiger partial charge in [0.25, 0.3) is 5.91 Å². The predicted molar refractivity (Wildman–Crippen MR) is 177 cm³/mol. The van der Waals surface area contributed by atoms with Crippen molar-refractivity contribution < 1.29 is 29.0 Å². The normalized spacial score (nSPS) is 11.2. The SMILES string of the molecule is O=C(Cc1cccc(Cl)c1)Nc1ccc(Cl)c(C(=O)NC(CNC(=O)NCc2ccccc2OCc2ccccc2)C(=O)O)c1Cl. The molecule has 5 N–H and O–H groups in total. The average molecular weight is 684 g/mol. The Balaban J connectivity index is 1.33. The molecule has 238 valence electrons. The van der Waals surface area contributed by atoms with E-state index in [4.69, 9.17) is 39.5 Å². The van der Waals surface area contributed by atoms with Crippen molar-refractivity contribution in [1.29, 1.82) is 0 Å². The zero-order valence-corrected chi connectivity index (χ0v) is 26.5. The molecule has 0 heterocycles. The minimum atomic E-state index is -1.53. The molecule has 4 aromatic rings. The van der Waals surface area contributed by atoms with E-state index in [1.54, 1.807) is 42.5 Å². The molecule has 0 fully saturated rings. The summed E-state index contributed by atoms with van der Waals surface area (Å²) in [5, 5.41) is 20.0. The minimum Gasteiger partial charge on any atom is -0.489 e. The number of benzene rings is 4. The summed E-state index contributed by atoms with van der Waals surface area (Å²) in [4.78, 5) is 50.2. The molecule has 0 saturated heterocycles. The second-order valence-electron chi connectivity index (χ2n) is 9.95. The number of ether oxygens (including phenoxy) is 1. The molecule has 0 aliphatic heterocycles. The van der Waals surface area contributed by atoms with Crippen LogP contribution in [0.4, 0.5) is 10.5 Å². The number of para-hydroxylation sites is 1. The Labute approximate surface area is 280 Å². The Morgan fingerprint density at radius 2 is 1.52 bits per heavy atom. The van der Waals surface area contributed by atoms with Gasteiger partial charge in [0.15, 0.2) is 0 Å². The Morgan fingerprint density at radius 1 is 0.804 bits per heavy atom. The Morgan fingerprint density at radius 3 is 2.26 bits per heavy atom. The van der Waals surface area contributed by atoms with Crippen LogP contribution >= 0.6 is 34.8 Å². The molecule has 0 aliphatic rings. The monoisotopic (exact) mass is 682 g/mol. The van der Waals surface area contributed by atoms with Crippen molar-refractivity contribution in [1.82, 2.24) is 16.0 Å². The van der Waals surface area contributed by atoms with Gasteiger partial charge in [-0.3, -0.25) is 9.59 Å². The summed E-state index contributed by atoms with van der Waals surface area (Å²) in [5.74, 6) is -2.17. The molecular formula is C33H29Cl3N4O6. The second-order valence-corrected chi connectivity index (χ2v) is 11.2. The highest BCUT2D eigenvalue weighted by atomic mass is 35.5. The van der Waals surface area contributed by atoms with Gasteiger partial charge in [0.05, 0.1) is 34.3 Å². The van der Waals surface area contributed by atoms with Crippen LogP contribution in [0.1, 0.15) is 27.0 Å². The van der Waals surface area contributed by atoms with E-state index >= 15 is 0 Å².